The Bertz CT molecular complexity index is 656. The van der Waals surface area contributed by atoms with E-state index in [-0.39, 0.29) is 5.91 Å². The first-order valence-corrected chi connectivity index (χ1v) is 11.2. The van der Waals surface area contributed by atoms with Crippen molar-refractivity contribution in [1.82, 2.24) is 20.0 Å². The molecule has 2 fully saturated rings. The molecule has 1 N–H and O–H groups in total. The summed E-state index contributed by atoms with van der Waals surface area (Å²) in [5.41, 5.74) is 2.63. The van der Waals surface area contributed by atoms with Crippen molar-refractivity contribution in [3.05, 3.63) is 35.4 Å². The molecule has 0 saturated carbocycles. The summed E-state index contributed by atoms with van der Waals surface area (Å²) in [6.45, 7) is 12.0. The number of carbonyl (C=O) groups excluding carboxylic acids is 1. The normalized spacial score (nSPS) is 19.2. The second-order valence-electron chi connectivity index (χ2n) is 8.17. The maximum Gasteiger partial charge on any atom is 0.219 e. The number of hydrogen-bond donors (Lipinski definition) is 1. The molecule has 2 heterocycles. The van der Waals surface area contributed by atoms with Gasteiger partial charge in [0.05, 0.1) is 6.54 Å². The van der Waals surface area contributed by atoms with Crippen LogP contribution in [0.5, 0.6) is 0 Å². The van der Waals surface area contributed by atoms with Gasteiger partial charge in [-0.3, -0.25) is 9.69 Å². The first kappa shape index (κ1) is 21.6. The van der Waals surface area contributed by atoms with Crippen LogP contribution in [0, 0.1) is 0 Å². The fraction of sp³-hybridized carbons (Fsp3) is 0.652. The lowest BCUT2D eigenvalue weighted by Gasteiger charge is -2.36. The summed E-state index contributed by atoms with van der Waals surface area (Å²) in [6.07, 6.45) is 5.43. The number of rotatable bonds is 5. The maximum absolute atomic E-state index is 11.5. The molecule has 160 valence electrons. The predicted molar refractivity (Wildman–Crippen MR) is 119 cm³/mol. The Morgan fingerprint density at radius 2 is 1.48 bits per heavy atom. The van der Waals surface area contributed by atoms with E-state index in [1.165, 1.54) is 49.9 Å². The molecular formula is C23H37N5O. The molecule has 0 unspecified atom stereocenters. The van der Waals surface area contributed by atoms with Crippen LogP contribution in [0.3, 0.4) is 0 Å². The molecule has 2 aliphatic rings. The molecule has 1 amide bonds. The van der Waals surface area contributed by atoms with E-state index >= 15 is 0 Å². The van der Waals surface area contributed by atoms with Crippen molar-refractivity contribution in [2.24, 2.45) is 4.99 Å². The fourth-order valence-corrected chi connectivity index (χ4v) is 4.13. The van der Waals surface area contributed by atoms with Crippen LogP contribution in [0.1, 0.15) is 50.7 Å². The van der Waals surface area contributed by atoms with Crippen LogP contribution in [-0.4, -0.2) is 72.4 Å². The van der Waals surface area contributed by atoms with Crippen LogP contribution in [0.15, 0.2) is 29.3 Å². The molecule has 0 atom stereocenters. The minimum Gasteiger partial charge on any atom is -0.357 e. The number of amides is 1. The lowest BCUT2D eigenvalue weighted by molar-refractivity contribution is -0.130. The molecule has 0 bridgehead atoms. The topological polar surface area (TPSA) is 51.2 Å². The van der Waals surface area contributed by atoms with Gasteiger partial charge in [-0.1, -0.05) is 37.1 Å². The Morgan fingerprint density at radius 3 is 2.07 bits per heavy atom. The number of guanidine groups is 1. The molecule has 1 aromatic rings. The third-order valence-electron chi connectivity index (χ3n) is 5.90. The third-order valence-corrected chi connectivity index (χ3v) is 5.90. The predicted octanol–water partition coefficient (Wildman–Crippen LogP) is 2.69. The van der Waals surface area contributed by atoms with Crippen molar-refractivity contribution in [2.45, 2.75) is 52.6 Å². The minimum atomic E-state index is 0.159. The van der Waals surface area contributed by atoms with Crippen molar-refractivity contribution in [3.63, 3.8) is 0 Å². The Labute approximate surface area is 176 Å². The monoisotopic (exact) mass is 399 g/mol. The molecule has 3 rings (SSSR count). The van der Waals surface area contributed by atoms with Gasteiger partial charge in [-0.2, -0.15) is 0 Å². The van der Waals surface area contributed by atoms with Crippen LogP contribution in [0.25, 0.3) is 0 Å². The zero-order valence-electron chi connectivity index (χ0n) is 18.2. The van der Waals surface area contributed by atoms with Gasteiger partial charge in [0.2, 0.25) is 5.91 Å². The number of aliphatic imine (C=N–C) groups is 1. The summed E-state index contributed by atoms with van der Waals surface area (Å²) in [7, 11) is 0. The van der Waals surface area contributed by atoms with Gasteiger partial charge in [0.1, 0.15) is 0 Å². The second-order valence-corrected chi connectivity index (χ2v) is 8.17. The van der Waals surface area contributed by atoms with E-state index < -0.39 is 0 Å². The highest BCUT2D eigenvalue weighted by atomic mass is 16.2. The molecular weight excluding hydrogens is 362 g/mol. The van der Waals surface area contributed by atoms with E-state index in [1.54, 1.807) is 6.92 Å². The van der Waals surface area contributed by atoms with E-state index in [2.05, 4.69) is 46.3 Å². The molecule has 0 radical (unpaired) electrons. The highest BCUT2D eigenvalue weighted by Crippen LogP contribution is 2.14. The van der Waals surface area contributed by atoms with Gasteiger partial charge in [0.25, 0.3) is 0 Å². The average molecular weight is 400 g/mol. The molecule has 29 heavy (non-hydrogen) atoms. The van der Waals surface area contributed by atoms with Crippen LogP contribution in [-0.2, 0) is 17.9 Å². The summed E-state index contributed by atoms with van der Waals surface area (Å²) in [6, 6.07) is 8.95. The number of carbonyl (C=O) groups is 1. The van der Waals surface area contributed by atoms with Gasteiger partial charge >= 0.3 is 0 Å². The average Bonchev–Trinajstić information content (AvgIpc) is 3.01. The summed E-state index contributed by atoms with van der Waals surface area (Å²) < 4.78 is 0. The smallest absolute Gasteiger partial charge is 0.219 e. The van der Waals surface area contributed by atoms with E-state index in [0.29, 0.717) is 6.54 Å². The standard InChI is InChI=1S/C23H37N5O/c1-3-24-23(28-16-14-27(15-17-28)20(2)29)25-18-21-8-10-22(11-9-21)19-26-12-6-4-5-7-13-26/h8-11H,3-7,12-19H2,1-2H3,(H,24,25). The lowest BCUT2D eigenvalue weighted by atomic mass is 10.1. The Kier molecular flexibility index (Phi) is 8.35. The van der Waals surface area contributed by atoms with Gasteiger partial charge < -0.3 is 15.1 Å². The van der Waals surface area contributed by atoms with E-state index in [0.717, 1.165) is 45.2 Å². The van der Waals surface area contributed by atoms with Crippen molar-refractivity contribution in [3.8, 4) is 0 Å². The summed E-state index contributed by atoms with van der Waals surface area (Å²) in [5.74, 6) is 1.11. The fourth-order valence-electron chi connectivity index (χ4n) is 4.13. The van der Waals surface area contributed by atoms with Gasteiger partial charge in [0.15, 0.2) is 5.96 Å². The Morgan fingerprint density at radius 1 is 0.897 bits per heavy atom. The molecule has 1 aromatic carbocycles. The Hall–Kier alpha value is -2.08. The van der Waals surface area contributed by atoms with Crippen molar-refractivity contribution in [2.75, 3.05) is 45.8 Å². The van der Waals surface area contributed by atoms with Crippen molar-refractivity contribution >= 4 is 11.9 Å². The lowest BCUT2D eigenvalue weighted by Crippen LogP contribution is -2.53. The Balaban J connectivity index is 1.54. The number of piperazine rings is 1. The summed E-state index contributed by atoms with van der Waals surface area (Å²) >= 11 is 0. The van der Waals surface area contributed by atoms with Crippen LogP contribution < -0.4 is 5.32 Å². The highest BCUT2D eigenvalue weighted by molar-refractivity contribution is 5.80. The highest BCUT2D eigenvalue weighted by Gasteiger charge is 2.20. The van der Waals surface area contributed by atoms with E-state index in [9.17, 15) is 4.79 Å². The number of nitrogens with zero attached hydrogens (tertiary/aromatic N) is 4. The molecule has 0 aromatic heterocycles. The second kappa shape index (κ2) is 11.2. The van der Waals surface area contributed by atoms with Gasteiger partial charge in [-0.05, 0) is 44.0 Å². The van der Waals surface area contributed by atoms with Gasteiger partial charge in [0, 0.05) is 46.2 Å². The largest absolute Gasteiger partial charge is 0.357 e. The zero-order chi connectivity index (χ0) is 20.5. The quantitative estimate of drug-likeness (QED) is 0.611. The SMILES string of the molecule is CCNC(=NCc1ccc(CN2CCCCCC2)cc1)N1CCN(C(C)=O)CC1. The van der Waals surface area contributed by atoms with Gasteiger partial charge in [-0.25, -0.2) is 4.99 Å². The molecule has 6 heteroatoms. The first-order valence-electron chi connectivity index (χ1n) is 11.2. The summed E-state index contributed by atoms with van der Waals surface area (Å²) in [4.78, 5) is 23.1. The molecule has 6 nitrogen and oxygen atoms in total. The third kappa shape index (κ3) is 6.74. The first-order chi connectivity index (χ1) is 14.2. The molecule has 0 spiro atoms. The molecule has 2 aliphatic heterocycles. The number of hydrogen-bond acceptors (Lipinski definition) is 3. The number of benzene rings is 1. The maximum atomic E-state index is 11.5. The van der Waals surface area contributed by atoms with Gasteiger partial charge in [-0.15, -0.1) is 0 Å². The van der Waals surface area contributed by atoms with E-state index in [1.807, 2.05) is 4.90 Å². The molecule has 0 aliphatic carbocycles. The number of nitrogens with one attached hydrogen (secondary N) is 1. The van der Waals surface area contributed by atoms with Crippen molar-refractivity contribution < 1.29 is 4.79 Å². The molecule has 2 saturated heterocycles. The summed E-state index contributed by atoms with van der Waals surface area (Å²) in [5, 5.41) is 3.40. The van der Waals surface area contributed by atoms with Crippen molar-refractivity contribution in [1.29, 1.82) is 0 Å². The van der Waals surface area contributed by atoms with E-state index in [4.69, 9.17) is 4.99 Å². The number of likely N-dealkylation sites (tertiary alicyclic amines) is 1. The van der Waals surface area contributed by atoms with Crippen LogP contribution in [0.2, 0.25) is 0 Å². The minimum absolute atomic E-state index is 0.159. The van der Waals surface area contributed by atoms with Crippen LogP contribution >= 0.6 is 0 Å². The zero-order valence-corrected chi connectivity index (χ0v) is 18.2. The van der Waals surface area contributed by atoms with Crippen LogP contribution in [0.4, 0.5) is 0 Å².